The van der Waals surface area contributed by atoms with Gasteiger partial charge in [-0.25, -0.2) is 0 Å². The number of fused-ring (bicyclic) bond motifs is 1. The number of methoxy groups -OCH3 is 1. The zero-order valence-corrected chi connectivity index (χ0v) is 19.8. The predicted molar refractivity (Wildman–Crippen MR) is 133 cm³/mol. The first-order valence-electron chi connectivity index (χ1n) is 11.6. The average Bonchev–Trinajstić information content (AvgIpc) is 3.34. The van der Waals surface area contributed by atoms with Crippen LogP contribution in [0.1, 0.15) is 22.3 Å². The Bertz CT molecular complexity index is 1380. The molecule has 4 aromatic rings. The van der Waals surface area contributed by atoms with Crippen LogP contribution in [0.5, 0.6) is 0 Å². The second kappa shape index (κ2) is 9.82. The third-order valence-electron chi connectivity index (χ3n) is 6.43. The maximum Gasteiger partial charge on any atom is 0.317 e. The lowest BCUT2D eigenvalue weighted by molar-refractivity contribution is -0.138. The van der Waals surface area contributed by atoms with Gasteiger partial charge in [0.15, 0.2) is 0 Å². The van der Waals surface area contributed by atoms with E-state index >= 15 is 0 Å². The van der Waals surface area contributed by atoms with Gasteiger partial charge in [0.1, 0.15) is 0 Å². The SMILES string of the molecule is COCc1cc(-c2nc(-c3ccc4c(c3)CN(CC(=O)O)CC4)no2)ccc1-c1ccccc1C. The van der Waals surface area contributed by atoms with Crippen molar-refractivity contribution >= 4 is 5.97 Å². The number of carboxylic acids is 1. The molecule has 0 saturated heterocycles. The molecule has 1 aliphatic rings. The van der Waals surface area contributed by atoms with Gasteiger partial charge in [0.05, 0.1) is 13.2 Å². The number of carbonyl (C=O) groups is 1. The van der Waals surface area contributed by atoms with Crippen LogP contribution in [-0.4, -0.2) is 46.3 Å². The van der Waals surface area contributed by atoms with Gasteiger partial charge in [0, 0.05) is 31.3 Å². The van der Waals surface area contributed by atoms with Gasteiger partial charge in [-0.15, -0.1) is 0 Å². The monoisotopic (exact) mass is 469 g/mol. The fourth-order valence-electron chi connectivity index (χ4n) is 4.68. The summed E-state index contributed by atoms with van der Waals surface area (Å²) in [5, 5.41) is 13.3. The minimum absolute atomic E-state index is 0.0400. The van der Waals surface area contributed by atoms with Crippen molar-refractivity contribution in [1.82, 2.24) is 15.0 Å². The number of carboxylic acid groups (broad SMARTS) is 1. The third-order valence-corrected chi connectivity index (χ3v) is 6.43. The van der Waals surface area contributed by atoms with E-state index < -0.39 is 5.97 Å². The maximum atomic E-state index is 11.1. The second-order valence-electron chi connectivity index (χ2n) is 8.88. The van der Waals surface area contributed by atoms with E-state index in [-0.39, 0.29) is 6.54 Å². The molecule has 0 unspecified atom stereocenters. The van der Waals surface area contributed by atoms with Crippen molar-refractivity contribution in [3.8, 4) is 34.0 Å². The maximum absolute atomic E-state index is 11.1. The van der Waals surface area contributed by atoms with Crippen LogP contribution < -0.4 is 0 Å². The van der Waals surface area contributed by atoms with E-state index in [1.807, 2.05) is 41.3 Å². The summed E-state index contributed by atoms with van der Waals surface area (Å²) < 4.78 is 11.1. The number of aliphatic carboxylic acids is 1. The smallest absolute Gasteiger partial charge is 0.317 e. The van der Waals surface area contributed by atoms with Gasteiger partial charge >= 0.3 is 5.97 Å². The van der Waals surface area contributed by atoms with Crippen LogP contribution in [0, 0.1) is 6.92 Å². The molecule has 7 heteroatoms. The third kappa shape index (κ3) is 4.87. The summed E-state index contributed by atoms with van der Waals surface area (Å²) in [4.78, 5) is 17.7. The molecular weight excluding hydrogens is 442 g/mol. The van der Waals surface area contributed by atoms with Gasteiger partial charge < -0.3 is 14.4 Å². The first-order valence-corrected chi connectivity index (χ1v) is 11.6. The Hall–Kier alpha value is -3.81. The molecule has 0 saturated carbocycles. The quantitative estimate of drug-likeness (QED) is 0.409. The molecule has 5 rings (SSSR count). The number of ether oxygens (including phenoxy) is 1. The molecule has 0 spiro atoms. The van der Waals surface area contributed by atoms with Crippen molar-refractivity contribution in [2.24, 2.45) is 0 Å². The van der Waals surface area contributed by atoms with Crippen molar-refractivity contribution in [1.29, 1.82) is 0 Å². The first-order chi connectivity index (χ1) is 17.0. The highest BCUT2D eigenvalue weighted by Gasteiger charge is 2.20. The van der Waals surface area contributed by atoms with Gasteiger partial charge in [-0.3, -0.25) is 9.69 Å². The van der Waals surface area contributed by atoms with Crippen molar-refractivity contribution in [2.45, 2.75) is 26.5 Å². The zero-order valence-electron chi connectivity index (χ0n) is 19.8. The van der Waals surface area contributed by atoms with Crippen molar-refractivity contribution in [3.05, 3.63) is 82.9 Å². The molecule has 0 atom stereocenters. The van der Waals surface area contributed by atoms with E-state index in [1.165, 1.54) is 16.7 Å². The lowest BCUT2D eigenvalue weighted by Gasteiger charge is -2.27. The molecule has 178 valence electrons. The molecule has 2 heterocycles. The van der Waals surface area contributed by atoms with Gasteiger partial charge in [0.25, 0.3) is 5.89 Å². The molecule has 0 fully saturated rings. The van der Waals surface area contributed by atoms with Crippen LogP contribution in [0.4, 0.5) is 0 Å². The van der Waals surface area contributed by atoms with Gasteiger partial charge in [-0.05, 0) is 64.9 Å². The largest absolute Gasteiger partial charge is 0.480 e. The zero-order chi connectivity index (χ0) is 24.4. The predicted octanol–water partition coefficient (Wildman–Crippen LogP) is 4.97. The highest BCUT2D eigenvalue weighted by Crippen LogP contribution is 2.32. The van der Waals surface area contributed by atoms with Crippen molar-refractivity contribution < 1.29 is 19.2 Å². The van der Waals surface area contributed by atoms with E-state index in [0.29, 0.717) is 24.9 Å². The Labute approximate surface area is 204 Å². The van der Waals surface area contributed by atoms with Crippen LogP contribution in [-0.2, 0) is 29.1 Å². The molecule has 1 N–H and O–H groups in total. The van der Waals surface area contributed by atoms with Gasteiger partial charge in [-0.1, -0.05) is 47.6 Å². The molecular formula is C28H27N3O4. The summed E-state index contributed by atoms with van der Waals surface area (Å²) in [6.45, 7) is 3.95. The van der Waals surface area contributed by atoms with Crippen LogP contribution >= 0.6 is 0 Å². The Kier molecular flexibility index (Phi) is 6.44. The number of aryl methyl sites for hydroxylation is 1. The molecule has 3 aromatic carbocycles. The Morgan fingerprint density at radius 1 is 1.06 bits per heavy atom. The molecule has 0 amide bonds. The molecule has 1 aliphatic heterocycles. The fraction of sp³-hybridized carbons (Fsp3) is 0.250. The molecule has 1 aromatic heterocycles. The summed E-state index contributed by atoms with van der Waals surface area (Å²) in [6, 6.07) is 20.5. The lowest BCUT2D eigenvalue weighted by Crippen LogP contribution is -2.34. The van der Waals surface area contributed by atoms with E-state index in [1.54, 1.807) is 7.11 Å². The molecule has 0 bridgehead atoms. The first kappa shape index (κ1) is 23.0. The normalized spacial score (nSPS) is 13.5. The topological polar surface area (TPSA) is 88.7 Å². The number of hydrogen-bond acceptors (Lipinski definition) is 6. The number of benzene rings is 3. The Morgan fingerprint density at radius 3 is 2.69 bits per heavy atom. The van der Waals surface area contributed by atoms with Crippen LogP contribution in [0.3, 0.4) is 0 Å². The van der Waals surface area contributed by atoms with E-state index in [4.69, 9.17) is 14.4 Å². The number of nitrogens with zero attached hydrogens (tertiary/aromatic N) is 3. The summed E-state index contributed by atoms with van der Waals surface area (Å²) >= 11 is 0. The van der Waals surface area contributed by atoms with Gasteiger partial charge in [0.2, 0.25) is 5.82 Å². The van der Waals surface area contributed by atoms with Crippen LogP contribution in [0.15, 0.2) is 65.2 Å². The van der Waals surface area contributed by atoms with E-state index in [9.17, 15) is 4.79 Å². The molecule has 0 aliphatic carbocycles. The van der Waals surface area contributed by atoms with Crippen molar-refractivity contribution in [2.75, 3.05) is 20.2 Å². The molecule has 35 heavy (non-hydrogen) atoms. The van der Waals surface area contributed by atoms with Crippen LogP contribution in [0.25, 0.3) is 34.0 Å². The summed E-state index contributed by atoms with van der Waals surface area (Å²) in [5.41, 5.74) is 8.56. The van der Waals surface area contributed by atoms with E-state index in [0.717, 1.165) is 40.8 Å². The number of hydrogen-bond donors (Lipinski definition) is 1. The number of rotatable bonds is 7. The Balaban J connectivity index is 1.43. The van der Waals surface area contributed by atoms with Crippen molar-refractivity contribution in [3.63, 3.8) is 0 Å². The summed E-state index contributed by atoms with van der Waals surface area (Å²) in [6.07, 6.45) is 0.829. The second-order valence-corrected chi connectivity index (χ2v) is 8.88. The van der Waals surface area contributed by atoms with E-state index in [2.05, 4.69) is 41.3 Å². The standard InChI is InChI=1S/C28H27N3O4/c1-18-5-3-4-6-24(18)25-10-9-21(14-23(25)17-34-2)28-29-27(30-35-28)20-8-7-19-11-12-31(16-26(32)33)15-22(19)13-20/h3-10,13-14H,11-12,15-17H2,1-2H3,(H,32,33). The summed E-state index contributed by atoms with van der Waals surface area (Å²) in [7, 11) is 1.69. The Morgan fingerprint density at radius 2 is 1.89 bits per heavy atom. The average molecular weight is 470 g/mol. The molecule has 0 radical (unpaired) electrons. The minimum atomic E-state index is -0.811. The van der Waals surface area contributed by atoms with Gasteiger partial charge in [-0.2, -0.15) is 4.98 Å². The highest BCUT2D eigenvalue weighted by molar-refractivity contribution is 5.74. The van der Waals surface area contributed by atoms with Crippen LogP contribution in [0.2, 0.25) is 0 Å². The highest BCUT2D eigenvalue weighted by atomic mass is 16.5. The fourth-order valence-corrected chi connectivity index (χ4v) is 4.68. The minimum Gasteiger partial charge on any atom is -0.480 e. The molecule has 7 nitrogen and oxygen atoms in total. The summed E-state index contributed by atoms with van der Waals surface area (Å²) in [5.74, 6) is 0.141. The lowest BCUT2D eigenvalue weighted by atomic mass is 9.94. The number of aromatic nitrogens is 2.